The molecule has 0 unspecified atom stereocenters. The summed E-state index contributed by atoms with van der Waals surface area (Å²) < 4.78 is 14.7. The number of hydrogen-bond donors (Lipinski definition) is 1. The van der Waals surface area contributed by atoms with E-state index < -0.39 is 0 Å². The molecule has 1 nitrogen and oxygen atoms in total. The maximum Gasteiger partial charge on any atom is 0.124 e. The minimum Gasteiger partial charge on any atom is -0.354 e. The van der Waals surface area contributed by atoms with Crippen LogP contribution in [0.25, 0.3) is 31.9 Å². The molecule has 2 aromatic carbocycles. The van der Waals surface area contributed by atoms with Crippen LogP contribution in [0.2, 0.25) is 0 Å². The fraction of sp³-hybridized carbons (Fsp3) is 0.100. The zero-order valence-electron chi connectivity index (χ0n) is 13.0. The number of aromatic amines is 1. The van der Waals surface area contributed by atoms with Crippen molar-refractivity contribution in [2.45, 2.75) is 13.8 Å². The van der Waals surface area contributed by atoms with Gasteiger partial charge in [0.15, 0.2) is 0 Å². The molecule has 0 aliphatic carbocycles. The number of rotatable bonds is 2. The van der Waals surface area contributed by atoms with E-state index in [1.54, 1.807) is 23.5 Å². The zero-order chi connectivity index (χ0) is 16.0. The van der Waals surface area contributed by atoms with E-state index in [0.29, 0.717) is 0 Å². The molecule has 0 bridgehead atoms. The Kier molecular flexibility index (Phi) is 3.31. The minimum atomic E-state index is -0.175. The van der Waals surface area contributed by atoms with Gasteiger partial charge in [-0.3, -0.25) is 0 Å². The van der Waals surface area contributed by atoms with Gasteiger partial charge in [-0.2, -0.15) is 0 Å². The van der Waals surface area contributed by atoms with Gasteiger partial charge in [-0.1, -0.05) is 29.8 Å². The van der Waals surface area contributed by atoms with E-state index in [1.807, 2.05) is 6.92 Å². The van der Waals surface area contributed by atoms with Crippen LogP contribution >= 0.6 is 11.3 Å². The maximum absolute atomic E-state index is 13.6. The molecule has 0 fully saturated rings. The van der Waals surface area contributed by atoms with Crippen molar-refractivity contribution in [1.29, 1.82) is 0 Å². The standard InChI is InChI=1S/C20H16FNS/c1-12-3-5-14(6-4-12)17-7-8-18(22-17)19-11-15-10-16(21)9-13(2)20(15)23-19/h3-11,22H,1-2H3. The van der Waals surface area contributed by atoms with Gasteiger partial charge >= 0.3 is 0 Å². The van der Waals surface area contributed by atoms with Crippen LogP contribution in [0.5, 0.6) is 0 Å². The van der Waals surface area contributed by atoms with Gasteiger partial charge in [-0.15, -0.1) is 11.3 Å². The third-order valence-electron chi connectivity index (χ3n) is 4.08. The monoisotopic (exact) mass is 321 g/mol. The first-order chi connectivity index (χ1) is 11.1. The lowest BCUT2D eigenvalue weighted by Crippen LogP contribution is -1.78. The Hall–Kier alpha value is -2.39. The molecule has 0 saturated carbocycles. The van der Waals surface area contributed by atoms with Gasteiger partial charge in [-0.05, 0) is 60.7 Å². The van der Waals surface area contributed by atoms with Crippen LogP contribution in [0.3, 0.4) is 0 Å². The van der Waals surface area contributed by atoms with Crippen LogP contribution in [0.15, 0.2) is 54.6 Å². The lowest BCUT2D eigenvalue weighted by molar-refractivity contribution is 0.629. The largest absolute Gasteiger partial charge is 0.354 e. The molecule has 23 heavy (non-hydrogen) atoms. The molecule has 2 aromatic heterocycles. The minimum absolute atomic E-state index is 0.175. The lowest BCUT2D eigenvalue weighted by Gasteiger charge is -1.99. The molecule has 0 spiro atoms. The number of fused-ring (bicyclic) bond motifs is 1. The normalized spacial score (nSPS) is 11.3. The summed E-state index contributed by atoms with van der Waals surface area (Å²) in [5, 5.41) is 0.967. The van der Waals surface area contributed by atoms with Crippen LogP contribution in [0.4, 0.5) is 4.39 Å². The van der Waals surface area contributed by atoms with Crippen molar-refractivity contribution in [2.24, 2.45) is 0 Å². The van der Waals surface area contributed by atoms with E-state index in [2.05, 4.69) is 54.4 Å². The molecule has 0 aliphatic heterocycles. The summed E-state index contributed by atoms with van der Waals surface area (Å²) in [5.74, 6) is -0.175. The summed E-state index contributed by atoms with van der Waals surface area (Å²) in [4.78, 5) is 4.61. The predicted octanol–water partition coefficient (Wildman–Crippen LogP) is 6.32. The summed E-state index contributed by atoms with van der Waals surface area (Å²) >= 11 is 1.70. The molecule has 114 valence electrons. The Labute approximate surface area is 138 Å². The average Bonchev–Trinajstić information content (AvgIpc) is 3.14. The third-order valence-corrected chi connectivity index (χ3v) is 5.40. The maximum atomic E-state index is 13.6. The van der Waals surface area contributed by atoms with Gasteiger partial charge in [0, 0.05) is 10.4 Å². The van der Waals surface area contributed by atoms with Crippen molar-refractivity contribution in [3.05, 3.63) is 71.5 Å². The Balaban J connectivity index is 1.77. The summed E-state index contributed by atoms with van der Waals surface area (Å²) in [7, 11) is 0. The number of H-pyrrole nitrogens is 1. The second-order valence-electron chi connectivity index (χ2n) is 5.90. The van der Waals surface area contributed by atoms with Crippen LogP contribution in [0.1, 0.15) is 11.1 Å². The second kappa shape index (κ2) is 5.36. The topological polar surface area (TPSA) is 15.8 Å². The van der Waals surface area contributed by atoms with Gasteiger partial charge in [0.1, 0.15) is 5.82 Å². The van der Waals surface area contributed by atoms with Crippen LogP contribution in [0, 0.1) is 19.7 Å². The van der Waals surface area contributed by atoms with Crippen LogP contribution in [-0.2, 0) is 0 Å². The Bertz CT molecular complexity index is 992. The number of aryl methyl sites for hydroxylation is 2. The first-order valence-corrected chi connectivity index (χ1v) is 8.38. The highest BCUT2D eigenvalue weighted by molar-refractivity contribution is 7.22. The van der Waals surface area contributed by atoms with Gasteiger partial charge in [0.05, 0.1) is 10.6 Å². The number of hydrogen-bond acceptors (Lipinski definition) is 1. The molecule has 0 saturated heterocycles. The molecule has 4 aromatic rings. The van der Waals surface area contributed by atoms with Crippen LogP contribution < -0.4 is 0 Å². The second-order valence-corrected chi connectivity index (χ2v) is 6.96. The Morgan fingerprint density at radius 1 is 0.870 bits per heavy atom. The third kappa shape index (κ3) is 2.57. The molecule has 4 rings (SSSR count). The van der Waals surface area contributed by atoms with E-state index in [0.717, 1.165) is 31.9 Å². The first kappa shape index (κ1) is 14.2. The van der Waals surface area contributed by atoms with E-state index in [1.165, 1.54) is 11.1 Å². The van der Waals surface area contributed by atoms with Crippen LogP contribution in [-0.4, -0.2) is 4.98 Å². The van der Waals surface area contributed by atoms with Crippen molar-refractivity contribution in [3.63, 3.8) is 0 Å². The number of halogens is 1. The molecule has 0 radical (unpaired) electrons. The van der Waals surface area contributed by atoms with Crippen molar-refractivity contribution >= 4 is 21.4 Å². The average molecular weight is 321 g/mol. The highest BCUT2D eigenvalue weighted by Crippen LogP contribution is 2.36. The van der Waals surface area contributed by atoms with Gasteiger partial charge in [-0.25, -0.2) is 4.39 Å². The molecule has 2 heterocycles. The summed E-state index contributed by atoms with van der Waals surface area (Å²) in [5.41, 5.74) is 5.58. The van der Waals surface area contributed by atoms with E-state index >= 15 is 0 Å². The fourth-order valence-electron chi connectivity index (χ4n) is 2.86. The van der Waals surface area contributed by atoms with Crippen molar-refractivity contribution in [1.82, 2.24) is 4.98 Å². The molecule has 0 aliphatic rings. The summed E-state index contributed by atoms with van der Waals surface area (Å²) in [6.45, 7) is 4.04. The number of thiophene rings is 1. The van der Waals surface area contributed by atoms with Gasteiger partial charge in [0.25, 0.3) is 0 Å². The Morgan fingerprint density at radius 3 is 2.39 bits per heavy atom. The highest BCUT2D eigenvalue weighted by Gasteiger charge is 2.10. The molecular formula is C20H16FNS. The predicted molar refractivity (Wildman–Crippen MR) is 96.5 cm³/mol. The van der Waals surface area contributed by atoms with Crippen molar-refractivity contribution in [2.75, 3.05) is 0 Å². The quantitative estimate of drug-likeness (QED) is 0.444. The molecule has 0 atom stereocenters. The van der Waals surface area contributed by atoms with E-state index in [9.17, 15) is 4.39 Å². The number of aromatic nitrogens is 1. The summed E-state index contributed by atoms with van der Waals surface area (Å²) in [6.07, 6.45) is 0. The fourth-order valence-corrected chi connectivity index (χ4v) is 3.95. The zero-order valence-corrected chi connectivity index (χ0v) is 13.8. The lowest BCUT2D eigenvalue weighted by atomic mass is 10.1. The molecule has 0 amide bonds. The molecular weight excluding hydrogens is 305 g/mol. The smallest absolute Gasteiger partial charge is 0.124 e. The molecule has 3 heteroatoms. The SMILES string of the molecule is Cc1ccc(-c2ccc(-c3cc4cc(F)cc(C)c4s3)[nH]2)cc1. The van der Waals surface area contributed by atoms with Gasteiger partial charge < -0.3 is 4.98 Å². The van der Waals surface area contributed by atoms with E-state index in [4.69, 9.17) is 0 Å². The van der Waals surface area contributed by atoms with Gasteiger partial charge in [0.2, 0.25) is 0 Å². The van der Waals surface area contributed by atoms with Crippen molar-refractivity contribution < 1.29 is 4.39 Å². The van der Waals surface area contributed by atoms with E-state index in [-0.39, 0.29) is 5.82 Å². The summed E-state index contributed by atoms with van der Waals surface area (Å²) in [6, 6.07) is 17.9. The first-order valence-electron chi connectivity index (χ1n) is 7.56. The number of nitrogens with one attached hydrogen (secondary N) is 1. The highest BCUT2D eigenvalue weighted by atomic mass is 32.1. The van der Waals surface area contributed by atoms with Crippen molar-refractivity contribution in [3.8, 4) is 21.8 Å². The molecule has 1 N–H and O–H groups in total. The Morgan fingerprint density at radius 2 is 1.61 bits per heavy atom. The number of benzene rings is 2.